The van der Waals surface area contributed by atoms with Crippen LogP contribution in [0.25, 0.3) is 0 Å². The molecule has 0 aliphatic heterocycles. The molecule has 0 aromatic rings. The lowest BCUT2D eigenvalue weighted by Crippen LogP contribution is -2.23. The third-order valence-corrected chi connectivity index (χ3v) is 6.53. The van der Waals surface area contributed by atoms with E-state index in [-0.39, 0.29) is 0 Å². The van der Waals surface area contributed by atoms with Crippen molar-refractivity contribution < 1.29 is 0 Å². The van der Waals surface area contributed by atoms with E-state index >= 15 is 0 Å². The summed E-state index contributed by atoms with van der Waals surface area (Å²) in [6, 6.07) is 0. The summed E-state index contributed by atoms with van der Waals surface area (Å²) in [6.07, 6.45) is 27.9. The fraction of sp³-hybridized carbons (Fsp3) is 0.926. The number of hydrogen-bond donors (Lipinski definition) is 0. The van der Waals surface area contributed by atoms with Crippen molar-refractivity contribution in [2.45, 2.75) is 136 Å². The van der Waals surface area contributed by atoms with Crippen molar-refractivity contribution in [1.82, 2.24) is 4.90 Å². The maximum absolute atomic E-state index is 3.69. The van der Waals surface area contributed by atoms with Gasteiger partial charge in [-0.1, -0.05) is 146 Å². The van der Waals surface area contributed by atoms with Crippen LogP contribution >= 0.6 is 22.6 Å². The third kappa shape index (κ3) is 30.7. The third-order valence-electron chi connectivity index (χ3n) is 5.76. The lowest BCUT2D eigenvalue weighted by molar-refractivity contribution is 0.301. The minimum atomic E-state index is 1.15. The number of allylic oxidation sites excluding steroid dienone is 1. The molecule has 176 valence electrons. The number of alkyl halides is 1. The Morgan fingerprint density at radius 3 is 1.28 bits per heavy atom. The van der Waals surface area contributed by atoms with E-state index in [9.17, 15) is 0 Å². The number of halogens is 1. The van der Waals surface area contributed by atoms with Crippen molar-refractivity contribution in [2.24, 2.45) is 0 Å². The van der Waals surface area contributed by atoms with E-state index in [2.05, 4.69) is 54.8 Å². The Hall–Kier alpha value is 0.430. The van der Waals surface area contributed by atoms with Gasteiger partial charge in [-0.05, 0) is 43.3 Å². The largest absolute Gasteiger partial charge is 0.304 e. The van der Waals surface area contributed by atoms with Gasteiger partial charge in [0.25, 0.3) is 0 Å². The Bertz CT molecular complexity index is 260. The molecular formula is C27H56IN. The maximum atomic E-state index is 3.69. The fourth-order valence-electron chi connectivity index (χ4n) is 3.64. The molecule has 0 aromatic carbocycles. The Morgan fingerprint density at radius 2 is 0.966 bits per heavy atom. The van der Waals surface area contributed by atoms with Gasteiger partial charge < -0.3 is 4.90 Å². The van der Waals surface area contributed by atoms with E-state index in [1.54, 1.807) is 0 Å². The molecule has 29 heavy (non-hydrogen) atoms. The minimum absolute atomic E-state index is 1.15. The van der Waals surface area contributed by atoms with E-state index in [4.69, 9.17) is 0 Å². The SMILES string of the molecule is C=CCCCN(CC)CC.CCCCCCCCCCCCCCCCCCI. The molecule has 0 aliphatic rings. The topological polar surface area (TPSA) is 3.24 Å². The first-order chi connectivity index (χ1) is 14.3. The standard InChI is InChI=1S/C18H37I.C9H19N/c1-2-3-4-5-6-7-8-9-10-11-12-13-14-15-16-17-18-19;1-4-7-8-9-10(5-2)6-3/h2-18H2,1H3;4H,1,5-9H2,2-3H3. The highest BCUT2D eigenvalue weighted by Gasteiger charge is 1.95. The molecule has 0 fully saturated rings. The van der Waals surface area contributed by atoms with Gasteiger partial charge in [-0.2, -0.15) is 0 Å². The summed E-state index contributed by atoms with van der Waals surface area (Å²) in [5.41, 5.74) is 0. The molecule has 0 N–H and O–H groups in total. The predicted molar refractivity (Wildman–Crippen MR) is 146 cm³/mol. The first-order valence-corrected chi connectivity index (χ1v) is 14.7. The fourth-order valence-corrected chi connectivity index (χ4v) is 4.18. The van der Waals surface area contributed by atoms with Gasteiger partial charge in [0.1, 0.15) is 0 Å². The Kier molecular flexibility index (Phi) is 33.4. The highest BCUT2D eigenvalue weighted by molar-refractivity contribution is 14.1. The number of nitrogens with zero attached hydrogens (tertiary/aromatic N) is 1. The van der Waals surface area contributed by atoms with E-state index in [1.807, 2.05) is 6.08 Å². The first-order valence-electron chi connectivity index (χ1n) is 13.2. The summed E-state index contributed by atoms with van der Waals surface area (Å²) >= 11 is 2.49. The van der Waals surface area contributed by atoms with Gasteiger partial charge in [-0.15, -0.1) is 6.58 Å². The molecule has 0 saturated heterocycles. The van der Waals surface area contributed by atoms with Crippen molar-refractivity contribution >= 4 is 22.6 Å². The Balaban J connectivity index is 0. The van der Waals surface area contributed by atoms with Crippen LogP contribution in [0.15, 0.2) is 12.7 Å². The predicted octanol–water partition coefficient (Wildman–Crippen LogP) is 9.98. The Labute approximate surface area is 200 Å². The van der Waals surface area contributed by atoms with Gasteiger partial charge in [0.05, 0.1) is 0 Å². The average Bonchev–Trinajstić information content (AvgIpc) is 2.74. The normalized spacial score (nSPS) is 10.8. The van der Waals surface area contributed by atoms with Crippen LogP contribution < -0.4 is 0 Å². The molecule has 2 heteroatoms. The van der Waals surface area contributed by atoms with Crippen LogP contribution in [0.5, 0.6) is 0 Å². The van der Waals surface area contributed by atoms with E-state index in [0.29, 0.717) is 0 Å². The molecule has 0 radical (unpaired) electrons. The molecule has 0 bridgehead atoms. The molecule has 0 heterocycles. The average molecular weight is 522 g/mol. The Morgan fingerprint density at radius 1 is 0.586 bits per heavy atom. The van der Waals surface area contributed by atoms with Crippen LogP contribution in [0.1, 0.15) is 136 Å². The van der Waals surface area contributed by atoms with Crippen LogP contribution in [0.4, 0.5) is 0 Å². The van der Waals surface area contributed by atoms with Crippen molar-refractivity contribution in [3.8, 4) is 0 Å². The lowest BCUT2D eigenvalue weighted by Gasteiger charge is -2.16. The zero-order chi connectivity index (χ0) is 21.8. The van der Waals surface area contributed by atoms with Crippen LogP contribution in [0.2, 0.25) is 0 Å². The smallest absolute Gasteiger partial charge is 0.000473 e. The summed E-state index contributed by atoms with van der Waals surface area (Å²) in [4.78, 5) is 2.43. The molecule has 0 spiro atoms. The van der Waals surface area contributed by atoms with Gasteiger partial charge in [0.2, 0.25) is 0 Å². The number of hydrogen-bond acceptors (Lipinski definition) is 1. The van der Waals surface area contributed by atoms with Gasteiger partial charge in [0, 0.05) is 0 Å². The van der Waals surface area contributed by atoms with Crippen LogP contribution in [-0.2, 0) is 0 Å². The minimum Gasteiger partial charge on any atom is -0.304 e. The molecule has 0 atom stereocenters. The number of unbranched alkanes of at least 4 members (excludes halogenated alkanes) is 16. The second-order valence-corrected chi connectivity index (χ2v) is 9.53. The van der Waals surface area contributed by atoms with E-state index in [0.717, 1.165) is 6.42 Å². The van der Waals surface area contributed by atoms with Crippen molar-refractivity contribution in [3.05, 3.63) is 12.7 Å². The summed E-state index contributed by atoms with van der Waals surface area (Å²) < 4.78 is 1.34. The van der Waals surface area contributed by atoms with Crippen molar-refractivity contribution in [3.63, 3.8) is 0 Å². The van der Waals surface area contributed by atoms with Crippen LogP contribution in [0, 0.1) is 0 Å². The quantitative estimate of drug-likeness (QED) is 0.0593. The van der Waals surface area contributed by atoms with Crippen molar-refractivity contribution in [2.75, 3.05) is 24.1 Å². The van der Waals surface area contributed by atoms with Gasteiger partial charge in [0.15, 0.2) is 0 Å². The molecule has 0 rings (SSSR count). The zero-order valence-corrected chi connectivity index (χ0v) is 22.8. The van der Waals surface area contributed by atoms with Gasteiger partial charge in [-0.3, -0.25) is 0 Å². The van der Waals surface area contributed by atoms with E-state index in [1.165, 1.54) is 133 Å². The second kappa shape index (κ2) is 30.6. The maximum Gasteiger partial charge on any atom is -0.000473 e. The van der Waals surface area contributed by atoms with E-state index < -0.39 is 0 Å². The summed E-state index contributed by atoms with van der Waals surface area (Å²) in [7, 11) is 0. The van der Waals surface area contributed by atoms with Gasteiger partial charge in [-0.25, -0.2) is 0 Å². The molecule has 1 nitrogen and oxygen atoms in total. The molecule has 0 amide bonds. The lowest BCUT2D eigenvalue weighted by atomic mass is 10.0. The monoisotopic (exact) mass is 521 g/mol. The molecule has 0 saturated carbocycles. The summed E-state index contributed by atoms with van der Waals surface area (Å²) in [6.45, 7) is 14.0. The summed E-state index contributed by atoms with van der Waals surface area (Å²) in [5.74, 6) is 0. The molecule has 0 unspecified atom stereocenters. The van der Waals surface area contributed by atoms with Crippen LogP contribution in [0.3, 0.4) is 0 Å². The second-order valence-electron chi connectivity index (χ2n) is 8.45. The highest BCUT2D eigenvalue weighted by atomic mass is 127. The van der Waals surface area contributed by atoms with Crippen molar-refractivity contribution in [1.29, 1.82) is 0 Å². The zero-order valence-electron chi connectivity index (χ0n) is 20.7. The van der Waals surface area contributed by atoms with Gasteiger partial charge >= 0.3 is 0 Å². The number of rotatable bonds is 22. The molecule has 0 aromatic heterocycles. The highest BCUT2D eigenvalue weighted by Crippen LogP contribution is 2.13. The van der Waals surface area contributed by atoms with Crippen LogP contribution in [-0.4, -0.2) is 29.0 Å². The molecular weight excluding hydrogens is 465 g/mol. The first kappa shape index (κ1) is 31.6. The summed E-state index contributed by atoms with van der Waals surface area (Å²) in [5, 5.41) is 0. The molecule has 0 aliphatic carbocycles.